The highest BCUT2D eigenvalue weighted by Crippen LogP contribution is 2.16. The summed E-state index contributed by atoms with van der Waals surface area (Å²) in [6, 6.07) is 6.06. The standard InChI is InChI=1S/C9H10ClNO2/c1-11-8(9(12)13)6-2-4-7(10)5-3-6/h2-5,8,11H,1H3,(H,12,13)/t8-/m1/s1. The molecular weight excluding hydrogens is 190 g/mol. The van der Waals surface area contributed by atoms with Crippen LogP contribution < -0.4 is 5.32 Å². The average molecular weight is 200 g/mol. The van der Waals surface area contributed by atoms with Crippen LogP contribution in [0.3, 0.4) is 0 Å². The van der Waals surface area contributed by atoms with Gasteiger partial charge in [0.2, 0.25) is 0 Å². The number of aliphatic carboxylic acids is 1. The minimum Gasteiger partial charge on any atom is -0.480 e. The lowest BCUT2D eigenvalue weighted by Crippen LogP contribution is -2.24. The van der Waals surface area contributed by atoms with E-state index in [1.165, 1.54) is 0 Å². The van der Waals surface area contributed by atoms with Crippen molar-refractivity contribution >= 4 is 17.6 Å². The third-order valence-corrected chi connectivity index (χ3v) is 1.99. The second-order valence-corrected chi connectivity index (χ2v) is 3.05. The van der Waals surface area contributed by atoms with Crippen molar-refractivity contribution in [2.45, 2.75) is 6.04 Å². The van der Waals surface area contributed by atoms with Crippen molar-refractivity contribution in [2.75, 3.05) is 7.05 Å². The molecule has 0 spiro atoms. The van der Waals surface area contributed by atoms with Gasteiger partial charge in [-0.1, -0.05) is 23.7 Å². The van der Waals surface area contributed by atoms with Crippen LogP contribution in [0.4, 0.5) is 0 Å². The summed E-state index contributed by atoms with van der Waals surface area (Å²) >= 11 is 5.67. The van der Waals surface area contributed by atoms with Crippen LogP contribution in [0.5, 0.6) is 0 Å². The summed E-state index contributed by atoms with van der Waals surface area (Å²) in [4.78, 5) is 10.7. The number of hydrogen-bond donors (Lipinski definition) is 2. The first kappa shape index (κ1) is 10.0. The predicted molar refractivity (Wildman–Crippen MR) is 50.9 cm³/mol. The summed E-state index contributed by atoms with van der Waals surface area (Å²) < 4.78 is 0. The van der Waals surface area contributed by atoms with Gasteiger partial charge in [0.05, 0.1) is 0 Å². The maximum absolute atomic E-state index is 10.7. The van der Waals surface area contributed by atoms with E-state index in [2.05, 4.69) is 5.32 Å². The van der Waals surface area contributed by atoms with E-state index in [-0.39, 0.29) is 0 Å². The lowest BCUT2D eigenvalue weighted by Gasteiger charge is -2.10. The van der Waals surface area contributed by atoms with Gasteiger partial charge in [-0.15, -0.1) is 0 Å². The molecule has 1 atom stereocenters. The molecule has 0 aliphatic carbocycles. The summed E-state index contributed by atoms with van der Waals surface area (Å²) in [6.45, 7) is 0. The fraction of sp³-hybridized carbons (Fsp3) is 0.222. The third-order valence-electron chi connectivity index (χ3n) is 1.74. The monoisotopic (exact) mass is 199 g/mol. The number of carboxylic acids is 1. The Bertz CT molecular complexity index is 297. The van der Waals surface area contributed by atoms with Crippen LogP contribution in [-0.4, -0.2) is 18.1 Å². The largest absolute Gasteiger partial charge is 0.480 e. The molecule has 1 rings (SSSR count). The molecule has 0 saturated carbocycles. The maximum Gasteiger partial charge on any atom is 0.325 e. The second kappa shape index (κ2) is 4.25. The summed E-state index contributed by atoms with van der Waals surface area (Å²) in [5, 5.41) is 12.1. The highest BCUT2D eigenvalue weighted by molar-refractivity contribution is 6.30. The molecule has 3 nitrogen and oxygen atoms in total. The minimum atomic E-state index is -0.898. The molecule has 0 bridgehead atoms. The highest BCUT2D eigenvalue weighted by atomic mass is 35.5. The van der Waals surface area contributed by atoms with Crippen molar-refractivity contribution < 1.29 is 9.90 Å². The van der Waals surface area contributed by atoms with E-state index >= 15 is 0 Å². The molecule has 0 aromatic heterocycles. The highest BCUT2D eigenvalue weighted by Gasteiger charge is 2.16. The quantitative estimate of drug-likeness (QED) is 0.779. The Morgan fingerprint density at radius 1 is 1.46 bits per heavy atom. The maximum atomic E-state index is 10.7. The van der Waals surface area contributed by atoms with Gasteiger partial charge in [-0.05, 0) is 24.7 Å². The lowest BCUT2D eigenvalue weighted by atomic mass is 10.1. The lowest BCUT2D eigenvalue weighted by molar-refractivity contribution is -0.139. The Kier molecular flexibility index (Phi) is 3.28. The van der Waals surface area contributed by atoms with Crippen molar-refractivity contribution in [3.8, 4) is 0 Å². The van der Waals surface area contributed by atoms with Crippen LogP contribution in [0.1, 0.15) is 11.6 Å². The first-order valence-electron chi connectivity index (χ1n) is 3.80. The van der Waals surface area contributed by atoms with Gasteiger partial charge in [-0.3, -0.25) is 4.79 Å². The Labute approximate surface area is 81.3 Å². The smallest absolute Gasteiger partial charge is 0.325 e. The zero-order valence-corrected chi connectivity index (χ0v) is 7.88. The first-order valence-corrected chi connectivity index (χ1v) is 4.18. The van der Waals surface area contributed by atoms with Crippen molar-refractivity contribution in [1.29, 1.82) is 0 Å². The van der Waals surface area contributed by atoms with Crippen LogP contribution in [0.2, 0.25) is 5.02 Å². The van der Waals surface area contributed by atoms with Gasteiger partial charge >= 0.3 is 5.97 Å². The number of carbonyl (C=O) groups is 1. The van der Waals surface area contributed by atoms with E-state index in [9.17, 15) is 4.79 Å². The van der Waals surface area contributed by atoms with Crippen molar-refractivity contribution in [3.63, 3.8) is 0 Å². The molecule has 0 aliphatic rings. The van der Waals surface area contributed by atoms with Crippen LogP contribution in [-0.2, 0) is 4.79 Å². The molecule has 0 saturated heterocycles. The van der Waals surface area contributed by atoms with E-state index in [4.69, 9.17) is 16.7 Å². The number of hydrogen-bond acceptors (Lipinski definition) is 2. The SMILES string of the molecule is CN[C@@H](C(=O)O)c1ccc(Cl)cc1. The van der Waals surface area contributed by atoms with Gasteiger partial charge in [0, 0.05) is 5.02 Å². The van der Waals surface area contributed by atoms with Gasteiger partial charge in [0.1, 0.15) is 6.04 Å². The first-order chi connectivity index (χ1) is 6.15. The molecule has 0 heterocycles. The topological polar surface area (TPSA) is 49.3 Å². The molecule has 70 valence electrons. The summed E-state index contributed by atoms with van der Waals surface area (Å²) in [7, 11) is 1.60. The number of rotatable bonds is 3. The molecule has 4 heteroatoms. The zero-order chi connectivity index (χ0) is 9.84. The predicted octanol–water partition coefficient (Wildman–Crippen LogP) is 1.69. The van der Waals surface area contributed by atoms with E-state index in [1.54, 1.807) is 31.3 Å². The van der Waals surface area contributed by atoms with Gasteiger partial charge in [0.15, 0.2) is 0 Å². The number of nitrogens with one attached hydrogen (secondary N) is 1. The van der Waals surface area contributed by atoms with Crippen LogP contribution in [0.25, 0.3) is 0 Å². The number of benzene rings is 1. The Hall–Kier alpha value is -1.06. The van der Waals surface area contributed by atoms with Crippen LogP contribution in [0, 0.1) is 0 Å². The zero-order valence-electron chi connectivity index (χ0n) is 7.12. The molecule has 0 radical (unpaired) electrons. The van der Waals surface area contributed by atoms with E-state index < -0.39 is 12.0 Å². The molecule has 2 N–H and O–H groups in total. The number of halogens is 1. The summed E-state index contributed by atoms with van der Waals surface area (Å²) in [5.41, 5.74) is 0.694. The Morgan fingerprint density at radius 3 is 2.38 bits per heavy atom. The van der Waals surface area contributed by atoms with Crippen LogP contribution >= 0.6 is 11.6 Å². The fourth-order valence-corrected chi connectivity index (χ4v) is 1.21. The molecular formula is C9H10ClNO2. The molecule has 0 unspecified atom stereocenters. The van der Waals surface area contributed by atoms with Crippen molar-refractivity contribution in [1.82, 2.24) is 5.32 Å². The van der Waals surface area contributed by atoms with E-state index in [0.717, 1.165) is 0 Å². The summed E-state index contributed by atoms with van der Waals surface area (Å²) in [5.74, 6) is -0.898. The second-order valence-electron chi connectivity index (χ2n) is 2.61. The van der Waals surface area contributed by atoms with Gasteiger partial charge in [-0.25, -0.2) is 0 Å². The van der Waals surface area contributed by atoms with Gasteiger partial charge in [-0.2, -0.15) is 0 Å². The van der Waals surface area contributed by atoms with Crippen molar-refractivity contribution in [2.24, 2.45) is 0 Å². The average Bonchev–Trinajstić information content (AvgIpc) is 2.09. The molecule has 1 aromatic rings. The normalized spacial score (nSPS) is 12.5. The molecule has 0 aliphatic heterocycles. The Balaban J connectivity index is 2.92. The van der Waals surface area contributed by atoms with Crippen LogP contribution in [0.15, 0.2) is 24.3 Å². The van der Waals surface area contributed by atoms with E-state index in [0.29, 0.717) is 10.6 Å². The Morgan fingerprint density at radius 2 is 2.00 bits per heavy atom. The molecule has 13 heavy (non-hydrogen) atoms. The summed E-state index contributed by atoms with van der Waals surface area (Å²) in [6.07, 6.45) is 0. The van der Waals surface area contributed by atoms with Crippen molar-refractivity contribution in [3.05, 3.63) is 34.9 Å². The number of likely N-dealkylation sites (N-methyl/N-ethyl adjacent to an activating group) is 1. The molecule has 0 fully saturated rings. The molecule has 1 aromatic carbocycles. The van der Waals surface area contributed by atoms with Gasteiger partial charge < -0.3 is 10.4 Å². The molecule has 0 amide bonds. The minimum absolute atomic E-state index is 0.601. The van der Waals surface area contributed by atoms with E-state index in [1.807, 2.05) is 0 Å². The number of carboxylic acid groups (broad SMARTS) is 1. The third kappa shape index (κ3) is 2.44. The fourth-order valence-electron chi connectivity index (χ4n) is 1.09. The van der Waals surface area contributed by atoms with Gasteiger partial charge in [0.25, 0.3) is 0 Å².